The van der Waals surface area contributed by atoms with Gasteiger partial charge in [-0.05, 0) is 119 Å². The number of nitrogens with zero attached hydrogens (tertiary/aromatic N) is 3. The van der Waals surface area contributed by atoms with Crippen LogP contribution in [0.4, 0.5) is 0 Å². The molecule has 2 aliphatic rings. The molecule has 0 aliphatic carbocycles. The van der Waals surface area contributed by atoms with E-state index in [1.165, 1.54) is 21.6 Å². The fourth-order valence-electron chi connectivity index (χ4n) is 11.0. The number of aliphatic imine (C=N–C) groups is 1. The number of nitrogens with two attached hydrogens (primary N) is 7. The van der Waals surface area contributed by atoms with Gasteiger partial charge in [-0.25, -0.2) is 0 Å². The number of carbonyl (C=O) groups excluding carboxylic acids is 13. The van der Waals surface area contributed by atoms with E-state index in [9.17, 15) is 62.3 Å². The van der Waals surface area contributed by atoms with Crippen molar-refractivity contribution in [3.8, 4) is 0 Å². The average Bonchev–Trinajstić information content (AvgIpc) is 1.74. The van der Waals surface area contributed by atoms with Gasteiger partial charge in [0, 0.05) is 45.3 Å². The van der Waals surface area contributed by atoms with E-state index in [1.54, 1.807) is 60.7 Å². The van der Waals surface area contributed by atoms with Gasteiger partial charge in [0.1, 0.15) is 54.4 Å². The maximum atomic E-state index is 14.7. The fourth-order valence-corrected chi connectivity index (χ4v) is 11.5. The largest absolute Gasteiger partial charge is 0.370 e. The summed E-state index contributed by atoms with van der Waals surface area (Å²) in [7, 11) is 0. The van der Waals surface area contributed by atoms with Crippen LogP contribution in [0.15, 0.2) is 65.7 Å². The number of likely N-dealkylation sites (tertiary alicyclic amines) is 2. The first-order valence-electron chi connectivity index (χ1n) is 32.2. The first-order chi connectivity index (χ1) is 45.2. The monoisotopic (exact) mass is 1350 g/mol. The Morgan fingerprint density at radius 2 is 1.01 bits per heavy atom. The van der Waals surface area contributed by atoms with Crippen molar-refractivity contribution in [3.05, 3.63) is 71.8 Å². The number of guanidine groups is 1. The SMILES string of the molecule is CSCC[C@H](NC(=O)[C@@H](CC(C)C)NC(=O)CNC(=O)[C@@H](Cc1ccccc1)NC(=O)[C@H](Cc1ccccc1)NC(=O)[C@@H](CCC(N)=O)NC(=O)[C@@H](CCC(N)=O)NC(=O)[C@@H]1CCCN1C(=O)[C@H](CCCCN)NC(=O)[C@H]1CCCN1C(=O)[C@H](N)CCCN=C(N)N)C(N)=O. The molecule has 2 fully saturated rings. The Morgan fingerprint density at radius 3 is 1.51 bits per heavy atom. The van der Waals surface area contributed by atoms with Gasteiger partial charge in [-0.3, -0.25) is 67.3 Å². The quantitative estimate of drug-likeness (QED) is 0.0173. The molecule has 2 aliphatic heterocycles. The van der Waals surface area contributed by atoms with E-state index in [0.717, 1.165) is 0 Å². The Bertz CT molecular complexity index is 2960. The summed E-state index contributed by atoms with van der Waals surface area (Å²) in [6.07, 6.45) is 3.12. The van der Waals surface area contributed by atoms with Crippen LogP contribution in [0.25, 0.3) is 0 Å². The summed E-state index contributed by atoms with van der Waals surface area (Å²) < 4.78 is 0. The number of primary amides is 3. The van der Waals surface area contributed by atoms with Crippen molar-refractivity contribution in [2.45, 2.75) is 183 Å². The molecular weight excluding hydrogens is 1250 g/mol. The summed E-state index contributed by atoms with van der Waals surface area (Å²) in [5, 5.41) is 21.1. The van der Waals surface area contributed by atoms with Gasteiger partial charge in [0.25, 0.3) is 0 Å². The van der Waals surface area contributed by atoms with E-state index in [-0.39, 0.29) is 83.0 Å². The molecule has 0 aromatic heterocycles. The van der Waals surface area contributed by atoms with Crippen LogP contribution in [0.2, 0.25) is 0 Å². The summed E-state index contributed by atoms with van der Waals surface area (Å²) in [5.74, 6) is -9.80. The summed E-state index contributed by atoms with van der Waals surface area (Å²) in [6, 6.07) is 4.51. The number of rotatable bonds is 42. The van der Waals surface area contributed by atoms with Gasteiger partial charge in [-0.15, -0.1) is 0 Å². The number of unbranched alkanes of at least 4 members (excludes halogenated alkanes) is 1. The summed E-state index contributed by atoms with van der Waals surface area (Å²) in [5.41, 5.74) is 40.6. The minimum absolute atomic E-state index is 0.0736. The molecule has 0 radical (unpaired) electrons. The van der Waals surface area contributed by atoms with E-state index in [1.807, 2.05) is 20.1 Å². The van der Waals surface area contributed by atoms with E-state index >= 15 is 0 Å². The number of hydrogen-bond acceptors (Lipinski definition) is 17. The second kappa shape index (κ2) is 41.0. The normalized spacial score (nSPS) is 16.8. The number of benzene rings is 2. The lowest BCUT2D eigenvalue weighted by molar-refractivity contribution is -0.144. The standard InChI is InChI=1S/C63H98N18O13S/c1-37(2)33-45(57(89)74-41(53(68)85)27-32-95-3)73-52(84)36-72-54(86)46(34-38-15-6-4-7-16-38)78-58(90)47(35-39-17-8-5-9-18-39)79-56(88)42(23-25-50(66)82)75-55(87)43(24-26-51(67)83)76-59(91)49-22-14-31-81(49)62(94)44(20-10-11-28-64)77-60(92)48-21-13-30-80(48)61(93)40(65)19-12-29-71-63(69)70/h4-9,15-18,37,40-49H,10-14,19-36,64-65H2,1-3H3,(H2,66,82)(H2,67,83)(H2,68,85)(H,72,86)(H,73,84)(H,74,89)(H,75,87)(H,76,91)(H,77,92)(H,78,90)(H,79,88)(H4,69,70,71)/t40-,41+,42-,43-,44+,45-,46-,47+,48-,49+/m1/s1. The predicted octanol–water partition coefficient (Wildman–Crippen LogP) is -3.71. The van der Waals surface area contributed by atoms with Crippen LogP contribution in [0.1, 0.15) is 121 Å². The van der Waals surface area contributed by atoms with Crippen LogP contribution >= 0.6 is 11.8 Å². The van der Waals surface area contributed by atoms with Gasteiger partial charge >= 0.3 is 0 Å². The second-order valence-corrected chi connectivity index (χ2v) is 25.1. The molecule has 2 aromatic carbocycles. The number of amides is 13. The van der Waals surface area contributed by atoms with Gasteiger partial charge < -0.3 is 92.5 Å². The van der Waals surface area contributed by atoms with Crippen LogP contribution in [-0.4, -0.2) is 198 Å². The van der Waals surface area contributed by atoms with Gasteiger partial charge in [0.15, 0.2) is 5.96 Å². The summed E-state index contributed by atoms with van der Waals surface area (Å²) >= 11 is 1.45. The van der Waals surface area contributed by atoms with E-state index in [0.29, 0.717) is 55.4 Å². The molecule has 95 heavy (non-hydrogen) atoms. The van der Waals surface area contributed by atoms with Gasteiger partial charge in [-0.2, -0.15) is 11.8 Å². The minimum Gasteiger partial charge on any atom is -0.370 e. The van der Waals surface area contributed by atoms with Crippen LogP contribution in [0.5, 0.6) is 0 Å². The molecule has 0 unspecified atom stereocenters. The lowest BCUT2D eigenvalue weighted by Gasteiger charge is -2.32. The van der Waals surface area contributed by atoms with Crippen molar-refractivity contribution in [2.75, 3.05) is 44.7 Å². The number of hydrogen-bond donors (Lipinski definition) is 15. The Morgan fingerprint density at radius 1 is 0.537 bits per heavy atom. The lowest BCUT2D eigenvalue weighted by atomic mass is 10.0. The van der Waals surface area contributed by atoms with Crippen LogP contribution < -0.4 is 82.7 Å². The number of nitrogens with one attached hydrogen (secondary N) is 8. The highest BCUT2D eigenvalue weighted by molar-refractivity contribution is 7.98. The molecule has 2 aromatic rings. The van der Waals surface area contributed by atoms with Crippen molar-refractivity contribution in [1.29, 1.82) is 0 Å². The third-order valence-electron chi connectivity index (χ3n) is 16.0. The minimum atomic E-state index is -1.64. The topological polar surface area (TPSA) is 519 Å². The average molecular weight is 1350 g/mol. The Labute approximate surface area is 558 Å². The Hall–Kier alpha value is -8.91. The zero-order chi connectivity index (χ0) is 70.1. The first kappa shape index (κ1) is 78.5. The molecule has 22 N–H and O–H groups in total. The predicted molar refractivity (Wildman–Crippen MR) is 356 cm³/mol. The molecule has 2 saturated heterocycles. The van der Waals surface area contributed by atoms with Crippen molar-refractivity contribution in [3.63, 3.8) is 0 Å². The van der Waals surface area contributed by atoms with Gasteiger partial charge in [0.2, 0.25) is 76.8 Å². The van der Waals surface area contributed by atoms with Crippen molar-refractivity contribution in [2.24, 2.45) is 51.0 Å². The van der Waals surface area contributed by atoms with Crippen LogP contribution in [0.3, 0.4) is 0 Å². The smallest absolute Gasteiger partial charge is 0.245 e. The number of carbonyl (C=O) groups is 13. The first-order valence-corrected chi connectivity index (χ1v) is 33.6. The highest BCUT2D eigenvalue weighted by Crippen LogP contribution is 2.24. The molecule has 0 saturated carbocycles. The highest BCUT2D eigenvalue weighted by Gasteiger charge is 2.42. The van der Waals surface area contributed by atoms with E-state index < -0.39 is 169 Å². The third-order valence-corrected chi connectivity index (χ3v) is 16.7. The zero-order valence-electron chi connectivity index (χ0n) is 54.5. The maximum absolute atomic E-state index is 14.7. The Balaban J connectivity index is 1.56. The van der Waals surface area contributed by atoms with Crippen molar-refractivity contribution >= 4 is 94.5 Å². The zero-order valence-corrected chi connectivity index (χ0v) is 55.3. The molecule has 4 rings (SSSR count). The molecule has 0 spiro atoms. The highest BCUT2D eigenvalue weighted by atomic mass is 32.2. The third kappa shape index (κ3) is 27.5. The Kier molecular flexibility index (Phi) is 33.9. The molecular formula is C63H98N18O13S. The molecule has 13 amide bonds. The number of thioether (sulfide) groups is 1. The summed E-state index contributed by atoms with van der Waals surface area (Å²) in [6.45, 7) is 3.86. The van der Waals surface area contributed by atoms with Crippen LogP contribution in [0, 0.1) is 5.92 Å². The van der Waals surface area contributed by atoms with Crippen molar-refractivity contribution < 1.29 is 62.3 Å². The van der Waals surface area contributed by atoms with Crippen molar-refractivity contribution in [1.82, 2.24) is 52.3 Å². The molecule has 32 heteroatoms. The maximum Gasteiger partial charge on any atom is 0.245 e. The van der Waals surface area contributed by atoms with E-state index in [4.69, 9.17) is 40.1 Å². The second-order valence-electron chi connectivity index (χ2n) is 24.1. The molecule has 0 bridgehead atoms. The lowest BCUT2D eigenvalue weighted by Crippen LogP contribution is -2.60. The molecule has 10 atom stereocenters. The fraction of sp³-hybridized carbons (Fsp3) is 0.587. The van der Waals surface area contributed by atoms with Gasteiger partial charge in [-0.1, -0.05) is 74.5 Å². The molecule has 2 heterocycles. The van der Waals surface area contributed by atoms with E-state index in [2.05, 4.69) is 47.5 Å². The van der Waals surface area contributed by atoms with Gasteiger partial charge in [0.05, 0.1) is 12.6 Å². The molecule has 524 valence electrons. The van der Waals surface area contributed by atoms with Crippen LogP contribution in [-0.2, 0) is 75.2 Å². The summed E-state index contributed by atoms with van der Waals surface area (Å²) in [4.78, 5) is 185. The molecule has 31 nitrogen and oxygen atoms in total.